The average Bonchev–Trinajstić information content (AvgIpc) is 2.73. The van der Waals surface area contributed by atoms with Crippen LogP contribution in [0.5, 0.6) is 0 Å². The molecule has 0 radical (unpaired) electrons. The number of nitrogens with one attached hydrogen (secondary N) is 2. The van der Waals surface area contributed by atoms with E-state index in [2.05, 4.69) is 10.0 Å². The lowest BCUT2D eigenvalue weighted by Crippen LogP contribution is -2.43. The predicted octanol–water partition coefficient (Wildman–Crippen LogP) is 0.381. The zero-order chi connectivity index (χ0) is 14.0. The number of anilines is 1. The summed E-state index contributed by atoms with van der Waals surface area (Å²) >= 11 is 1.05. The summed E-state index contributed by atoms with van der Waals surface area (Å²) in [5, 5.41) is 4.05. The van der Waals surface area contributed by atoms with Gasteiger partial charge in [-0.1, -0.05) is 0 Å². The topological polar surface area (TPSA) is 101 Å². The summed E-state index contributed by atoms with van der Waals surface area (Å²) in [5.41, 5.74) is 5.07. The SMILES string of the molecule is CNC(=O)C(C)(C)CNS(=O)(=O)c1cc(N)cs1. The number of hydrogen-bond donors (Lipinski definition) is 3. The van der Waals surface area contributed by atoms with Gasteiger partial charge in [0.15, 0.2) is 0 Å². The number of amides is 1. The van der Waals surface area contributed by atoms with Gasteiger partial charge in [0.2, 0.25) is 15.9 Å². The van der Waals surface area contributed by atoms with Crippen molar-refractivity contribution >= 4 is 33.0 Å². The maximum absolute atomic E-state index is 11.9. The molecule has 1 amide bonds. The van der Waals surface area contributed by atoms with Crippen molar-refractivity contribution in [3.63, 3.8) is 0 Å². The minimum absolute atomic E-state index is 0.0206. The van der Waals surface area contributed by atoms with Crippen LogP contribution in [-0.4, -0.2) is 27.9 Å². The summed E-state index contributed by atoms with van der Waals surface area (Å²) < 4.78 is 26.4. The molecular weight excluding hydrogens is 274 g/mol. The van der Waals surface area contributed by atoms with Gasteiger partial charge in [-0.15, -0.1) is 11.3 Å². The van der Waals surface area contributed by atoms with E-state index in [9.17, 15) is 13.2 Å². The minimum Gasteiger partial charge on any atom is -0.398 e. The number of rotatable bonds is 5. The van der Waals surface area contributed by atoms with Crippen molar-refractivity contribution in [3.8, 4) is 0 Å². The molecule has 0 unspecified atom stereocenters. The van der Waals surface area contributed by atoms with Gasteiger partial charge in [0.05, 0.1) is 5.41 Å². The molecule has 8 heteroatoms. The smallest absolute Gasteiger partial charge is 0.250 e. The van der Waals surface area contributed by atoms with Crippen LogP contribution in [0.2, 0.25) is 0 Å². The molecule has 6 nitrogen and oxygen atoms in total. The highest BCUT2D eigenvalue weighted by molar-refractivity contribution is 7.91. The number of carbonyl (C=O) groups is 1. The van der Waals surface area contributed by atoms with E-state index in [1.165, 1.54) is 13.1 Å². The molecule has 0 saturated carbocycles. The monoisotopic (exact) mass is 291 g/mol. The second kappa shape index (κ2) is 5.25. The van der Waals surface area contributed by atoms with Gasteiger partial charge in [0, 0.05) is 24.7 Å². The fraction of sp³-hybridized carbons (Fsp3) is 0.500. The first-order chi connectivity index (χ1) is 8.19. The maximum atomic E-state index is 11.9. The quantitative estimate of drug-likeness (QED) is 0.730. The molecule has 4 N–H and O–H groups in total. The second-order valence-electron chi connectivity index (χ2n) is 4.49. The minimum atomic E-state index is -3.61. The van der Waals surface area contributed by atoms with E-state index in [1.807, 2.05) is 0 Å². The molecule has 1 heterocycles. The molecule has 1 aromatic heterocycles. The first-order valence-corrected chi connectivity index (χ1v) is 7.61. The molecule has 0 aliphatic rings. The number of nitrogen functional groups attached to an aromatic ring is 1. The van der Waals surface area contributed by atoms with Gasteiger partial charge in [-0.2, -0.15) is 0 Å². The van der Waals surface area contributed by atoms with Crippen LogP contribution in [-0.2, 0) is 14.8 Å². The van der Waals surface area contributed by atoms with E-state index in [-0.39, 0.29) is 16.7 Å². The van der Waals surface area contributed by atoms with Crippen molar-refractivity contribution in [2.45, 2.75) is 18.1 Å². The van der Waals surface area contributed by atoms with Crippen LogP contribution in [0.1, 0.15) is 13.8 Å². The van der Waals surface area contributed by atoms with E-state index in [4.69, 9.17) is 5.73 Å². The summed E-state index contributed by atoms with van der Waals surface area (Å²) in [5.74, 6) is -0.226. The normalized spacial score (nSPS) is 12.4. The summed E-state index contributed by atoms with van der Waals surface area (Å²) in [6.07, 6.45) is 0. The zero-order valence-corrected chi connectivity index (χ0v) is 12.1. The molecule has 0 fully saturated rings. The Labute approximate surface area is 111 Å². The van der Waals surface area contributed by atoms with Gasteiger partial charge < -0.3 is 11.1 Å². The van der Waals surface area contributed by atoms with E-state index in [0.29, 0.717) is 5.69 Å². The highest BCUT2D eigenvalue weighted by Gasteiger charge is 2.29. The average molecular weight is 291 g/mol. The Bertz CT molecular complexity index is 534. The lowest BCUT2D eigenvalue weighted by atomic mass is 9.93. The van der Waals surface area contributed by atoms with Crippen molar-refractivity contribution in [2.24, 2.45) is 5.41 Å². The molecule has 102 valence electrons. The standard InChI is InChI=1S/C10H17N3O3S2/c1-10(2,9(14)12-3)6-13-18(15,16)8-4-7(11)5-17-8/h4-5,13H,6,11H2,1-3H3,(H,12,14). The maximum Gasteiger partial charge on any atom is 0.250 e. The van der Waals surface area contributed by atoms with E-state index >= 15 is 0 Å². The van der Waals surface area contributed by atoms with Crippen LogP contribution in [0.3, 0.4) is 0 Å². The number of thiophene rings is 1. The number of hydrogen-bond acceptors (Lipinski definition) is 5. The molecule has 1 rings (SSSR count). The van der Waals surface area contributed by atoms with E-state index in [0.717, 1.165) is 11.3 Å². The molecule has 0 bridgehead atoms. The fourth-order valence-corrected chi connectivity index (χ4v) is 3.57. The molecule has 0 atom stereocenters. The molecule has 0 aliphatic carbocycles. The third-order valence-corrected chi connectivity index (χ3v) is 5.27. The largest absolute Gasteiger partial charge is 0.398 e. The molecule has 0 spiro atoms. The van der Waals surface area contributed by atoms with Gasteiger partial charge in [0.25, 0.3) is 0 Å². The number of sulfonamides is 1. The Morgan fingerprint density at radius 1 is 1.50 bits per heavy atom. The lowest BCUT2D eigenvalue weighted by molar-refractivity contribution is -0.128. The molecule has 18 heavy (non-hydrogen) atoms. The van der Waals surface area contributed by atoms with E-state index in [1.54, 1.807) is 19.2 Å². The highest BCUT2D eigenvalue weighted by Crippen LogP contribution is 2.22. The van der Waals surface area contributed by atoms with Gasteiger partial charge in [-0.3, -0.25) is 4.79 Å². The Morgan fingerprint density at radius 2 is 2.11 bits per heavy atom. The number of nitrogens with two attached hydrogens (primary N) is 1. The molecule has 1 aromatic rings. The van der Waals surface area contributed by atoms with Gasteiger partial charge >= 0.3 is 0 Å². The van der Waals surface area contributed by atoms with Crippen molar-refractivity contribution in [1.82, 2.24) is 10.0 Å². The van der Waals surface area contributed by atoms with Gasteiger partial charge in [0.1, 0.15) is 4.21 Å². The van der Waals surface area contributed by atoms with Crippen molar-refractivity contribution < 1.29 is 13.2 Å². The lowest BCUT2D eigenvalue weighted by Gasteiger charge is -2.22. The summed E-state index contributed by atoms with van der Waals surface area (Å²) in [4.78, 5) is 11.5. The van der Waals surface area contributed by atoms with Crippen LogP contribution >= 0.6 is 11.3 Å². The van der Waals surface area contributed by atoms with Crippen LogP contribution in [0.25, 0.3) is 0 Å². The first kappa shape index (κ1) is 14.9. The Hall–Kier alpha value is -1.12. The van der Waals surface area contributed by atoms with Crippen LogP contribution < -0.4 is 15.8 Å². The third kappa shape index (κ3) is 3.44. The second-order valence-corrected chi connectivity index (χ2v) is 7.39. The number of carbonyl (C=O) groups excluding carboxylic acids is 1. The fourth-order valence-electron chi connectivity index (χ4n) is 1.24. The zero-order valence-electron chi connectivity index (χ0n) is 10.5. The molecule has 0 saturated heterocycles. The highest BCUT2D eigenvalue weighted by atomic mass is 32.2. The molecule has 0 aromatic carbocycles. The summed E-state index contributed by atoms with van der Waals surface area (Å²) in [6, 6.07) is 1.39. The van der Waals surface area contributed by atoms with Crippen LogP contribution in [0.4, 0.5) is 5.69 Å². The third-order valence-electron chi connectivity index (χ3n) is 2.41. The predicted molar refractivity (Wildman–Crippen MR) is 71.8 cm³/mol. The first-order valence-electron chi connectivity index (χ1n) is 5.25. The van der Waals surface area contributed by atoms with Gasteiger partial charge in [-0.25, -0.2) is 13.1 Å². The Balaban J connectivity index is 2.77. The van der Waals surface area contributed by atoms with Gasteiger partial charge in [-0.05, 0) is 19.9 Å². The van der Waals surface area contributed by atoms with Crippen molar-refractivity contribution in [2.75, 3.05) is 19.3 Å². The Morgan fingerprint density at radius 3 is 2.56 bits per heavy atom. The summed E-state index contributed by atoms with van der Waals surface area (Å²) in [7, 11) is -2.09. The van der Waals surface area contributed by atoms with Crippen molar-refractivity contribution in [3.05, 3.63) is 11.4 Å². The Kier molecular flexibility index (Phi) is 4.36. The summed E-state index contributed by atoms with van der Waals surface area (Å²) in [6.45, 7) is 3.35. The molecular formula is C10H17N3O3S2. The van der Waals surface area contributed by atoms with Crippen LogP contribution in [0.15, 0.2) is 15.7 Å². The van der Waals surface area contributed by atoms with E-state index < -0.39 is 15.4 Å². The molecule has 0 aliphatic heterocycles. The van der Waals surface area contributed by atoms with Crippen molar-refractivity contribution in [1.29, 1.82) is 0 Å². The van der Waals surface area contributed by atoms with Crippen LogP contribution in [0, 0.1) is 5.41 Å².